The predicted molar refractivity (Wildman–Crippen MR) is 444 cm³/mol. The Labute approximate surface area is 824 Å². The monoisotopic (exact) mass is 1910 g/mol. The van der Waals surface area contributed by atoms with Crippen LogP contribution >= 0.6 is 38.5 Å². The minimum Gasteiger partial charge on any atom is -1.00 e. The number of nitrogens with one attached hydrogen (secondary N) is 2. The number of hydrogen-bond donors (Lipinski definition) is 4. The van der Waals surface area contributed by atoms with Crippen molar-refractivity contribution < 1.29 is 211 Å². The topological polar surface area (TPSA) is 564 Å². The summed E-state index contributed by atoms with van der Waals surface area (Å²) >= 11 is 5.37. The Morgan fingerprint density at radius 3 is 1.48 bits per heavy atom. The molecule has 11 heterocycles. The summed E-state index contributed by atoms with van der Waals surface area (Å²) in [5, 5.41) is 45.4. The Kier molecular flexibility index (Phi) is 69.2. The number of anilines is 5. The van der Waals surface area contributed by atoms with E-state index in [0.29, 0.717) is 102 Å². The van der Waals surface area contributed by atoms with Crippen molar-refractivity contribution in [3.8, 4) is 0 Å². The third kappa shape index (κ3) is 42.9. The second kappa shape index (κ2) is 68.0. The van der Waals surface area contributed by atoms with Gasteiger partial charge in [-0.15, -0.1) is 6.61 Å². The van der Waals surface area contributed by atoms with Crippen molar-refractivity contribution in [3.63, 3.8) is 0 Å². The van der Waals surface area contributed by atoms with Gasteiger partial charge in [0.15, 0.2) is 12.7 Å². The smallest absolute Gasteiger partial charge is 1.00 e. The van der Waals surface area contributed by atoms with E-state index in [0.717, 1.165) is 102 Å². The summed E-state index contributed by atoms with van der Waals surface area (Å²) in [5.41, 5.74) is 25.0. The number of esters is 3. The van der Waals surface area contributed by atoms with Gasteiger partial charge in [-0.05, 0) is 134 Å². The van der Waals surface area contributed by atoms with Crippen LogP contribution in [-0.4, -0.2) is 195 Å². The van der Waals surface area contributed by atoms with Crippen molar-refractivity contribution in [2.75, 3.05) is 83.6 Å². The second-order valence-electron chi connectivity index (χ2n) is 24.3. The number of H-pyrrole nitrogens is 1. The van der Waals surface area contributed by atoms with Crippen LogP contribution in [0.5, 0.6) is 0 Å². The molecule has 0 aliphatic carbocycles. The van der Waals surface area contributed by atoms with E-state index in [1.54, 1.807) is 90.2 Å². The molecule has 0 aromatic carbocycles. The largest absolute Gasteiger partial charge is 1.00 e. The Bertz CT molecular complexity index is 4210. The number of aromatic amines is 1. The van der Waals surface area contributed by atoms with Gasteiger partial charge in [0, 0.05) is 96.2 Å². The molecule has 0 fully saturated rings. The fraction of sp³-hybridized carbons (Fsp3) is 0.592. The number of likely N-dealkylation sites (N-methyl/N-ethyl adjacent to an activating group) is 2. The first-order valence-electron chi connectivity index (χ1n) is 36.1. The number of nitrogen functional groups attached to an aromatic ring is 1. The number of fused-ring (bicyclic) bond motifs is 4. The maximum atomic E-state index is 12.0. The number of alkyl halides is 2. The number of carbonyl (C=O) groups excluding carboxylic acids is 8. The first kappa shape index (κ1) is 121. The van der Waals surface area contributed by atoms with Gasteiger partial charge in [0.2, 0.25) is 23.6 Å². The number of aromatic nitrogens is 14. The number of azide groups is 1. The summed E-state index contributed by atoms with van der Waals surface area (Å²) in [6, 6.07) is -1.01. The van der Waals surface area contributed by atoms with Gasteiger partial charge in [0.05, 0.1) is 92.5 Å². The summed E-state index contributed by atoms with van der Waals surface area (Å²) in [5.74, 6) is 3.58. The van der Waals surface area contributed by atoms with E-state index >= 15 is 0 Å². The Hall–Kier alpha value is -6.50. The van der Waals surface area contributed by atoms with Crippen LogP contribution in [0.3, 0.4) is 0 Å². The number of nitrogens with zero attached hydrogens (tertiary/aromatic N) is 21. The Morgan fingerprint density at radius 2 is 1.05 bits per heavy atom. The molecule has 0 saturated heterocycles. The Balaban J connectivity index is -0.000000305. The third-order valence-corrected chi connectivity index (χ3v) is 16.7. The van der Waals surface area contributed by atoms with E-state index in [4.69, 9.17) is 41.6 Å². The van der Waals surface area contributed by atoms with Gasteiger partial charge in [-0.3, -0.25) is 53.1 Å². The van der Waals surface area contributed by atoms with E-state index in [9.17, 15) is 53.8 Å². The number of ether oxygens (including phenoxy) is 3. The number of carbonyl (C=O) groups is 8. The van der Waals surface area contributed by atoms with E-state index in [1.165, 1.54) is 22.1 Å². The van der Waals surface area contributed by atoms with Gasteiger partial charge in [-0.25, -0.2) is 44.4 Å². The van der Waals surface area contributed by atoms with Crippen molar-refractivity contribution in [2.45, 2.75) is 219 Å². The standard InChI is InChI=1S/C10H15N3O4.C10H17N3O2.C9H12N6O.C9H14N4O.C9H13N3O.C8H11N3O.C6H11BrO2.C4H5N3O2.C2H5O.CH3I.CH2O3.2CH4.2K.Na.H/c1-3-17-9(14)5-4-6-12-7-11-8(2)10(12)13(15)16;1-3-15-9(14)5-4-6-13-7-12-8(2)10(13)11;1-6-8-14(2)9(16)7(12-13-10)3-4-15(8)5-11-6;1-6-8-12(2)9(14)7(10)3-4-13(8)5-11-6;1-7-9-11(2)8(13)4-3-5-12(9)6-10-7;1-6-8-10-7(12)3-2-4-11(8)5-9-6;1-2-9-6(8)4-3-5-7;1-3-4(7(8)9)6-2-5-3;1-2-3;1-2;2-1-4-3;;;;;;/h7H,3-6H2,1-2H3;7H,3-6,11H2,1-2H3;5,7H,3-4H2,1-2H3;5,7H,3-4,10H2,1-2H3;6H,3-5H2,1-2H3;5H,2-4H2,1H3,(H,10,12);2-5H2,1H3;2H,1H3,(H,5,6);2H2,1H3;1H3;1,3H;2*1H4;;;;/q;;;;;;;;-1;;;;;3*+1;-1/p-1. The van der Waals surface area contributed by atoms with Gasteiger partial charge in [-0.1, -0.05) is 65.4 Å². The molecular formula is C71H116BrIK2N25NaO18. The zero-order valence-corrected chi connectivity index (χ0v) is 82.2. The summed E-state index contributed by atoms with van der Waals surface area (Å²) in [7, 11) is 5.23. The van der Waals surface area contributed by atoms with Gasteiger partial charge in [0.25, 0.3) is 6.47 Å². The van der Waals surface area contributed by atoms with Crippen LogP contribution in [0, 0.1) is 68.7 Å². The molecule has 4 amide bonds. The number of nitrogens with two attached hydrogens (primary N) is 2. The van der Waals surface area contributed by atoms with Crippen LogP contribution in [-0.2, 0) is 96.7 Å². The maximum absolute atomic E-state index is 12.0. The third-order valence-electron chi connectivity index (χ3n) is 16.2. The van der Waals surface area contributed by atoms with Gasteiger partial charge >= 0.3 is 162 Å². The maximum Gasteiger partial charge on any atom is 1.00 e. The average Bonchev–Trinajstić information content (AvgIpc) is 1.68. The van der Waals surface area contributed by atoms with Crippen molar-refractivity contribution in [2.24, 2.45) is 10.8 Å². The Morgan fingerprint density at radius 1 is 0.639 bits per heavy atom. The molecule has 11 rings (SSSR count). The van der Waals surface area contributed by atoms with Crippen molar-refractivity contribution >= 4 is 127 Å². The quantitative estimate of drug-likeness (QED) is 0.00661. The average molecular weight is 1920 g/mol. The first-order chi connectivity index (χ1) is 54.3. The molecular weight excluding hydrogens is 1800 g/mol. The van der Waals surface area contributed by atoms with E-state index in [1.807, 2.05) is 76.4 Å². The molecule has 119 heavy (non-hydrogen) atoms. The number of amides is 4. The molecule has 0 radical (unpaired) electrons. The van der Waals surface area contributed by atoms with Crippen LogP contribution in [0.4, 0.5) is 40.7 Å². The second-order valence-corrected chi connectivity index (χ2v) is 25.1. The molecule has 0 spiro atoms. The van der Waals surface area contributed by atoms with Gasteiger partial charge < -0.3 is 90.7 Å². The number of hydrogen-bond acceptors (Lipinski definition) is 28. The molecule has 7 aromatic rings. The number of halogens is 2. The molecule has 7 aromatic heterocycles. The summed E-state index contributed by atoms with van der Waals surface area (Å²) in [6.45, 7) is 24.9. The molecule has 48 heteroatoms. The van der Waals surface area contributed by atoms with Gasteiger partial charge in [-0.2, -0.15) is 0 Å². The normalized spacial score (nSPS) is 13.4. The predicted octanol–water partition coefficient (Wildman–Crippen LogP) is -0.846. The van der Waals surface area contributed by atoms with Crippen molar-refractivity contribution in [3.05, 3.63) is 115 Å². The molecule has 43 nitrogen and oxygen atoms in total. The number of nitro groups is 2. The SMILES string of the molecule is C.C.CCOC(=O)CCCBr.CCOC(=O)CCCn1cnc(C)c1N.CCOC(=O)CCCn1cnc(C)c1[N+](=O)[O-].CC[O-].CI.Cc1nc[nH]c1[N+](=O)[O-].Cc1ncn2c1N(C)C(=O)C(N)CC2.Cc1ncn2c1N(C)C(=O)C(N=[N+]=[N-])CC2.Cc1ncn2c1N(C)C(=O)CCC2.Cc1ncn2c1NC(=O)CCC2.O=CO[O-].[H-].[K+].[K+].[Na+]. The zero-order chi connectivity index (χ0) is 86.2. The van der Waals surface area contributed by atoms with E-state index < -0.39 is 15.9 Å². The fourth-order valence-corrected chi connectivity index (χ4v) is 11.0. The number of rotatable bonds is 18. The van der Waals surface area contributed by atoms with Gasteiger partial charge in [0.1, 0.15) is 46.5 Å². The number of imidazole rings is 7. The fourth-order valence-electron chi connectivity index (χ4n) is 10.8. The van der Waals surface area contributed by atoms with Crippen LogP contribution in [0.1, 0.15) is 161 Å². The summed E-state index contributed by atoms with van der Waals surface area (Å²) in [6.07, 6.45) is 19.0. The molecule has 6 N–H and O–H groups in total. The number of aryl methyl sites for hydroxylation is 13. The summed E-state index contributed by atoms with van der Waals surface area (Å²) < 4.78 is 25.5. The zero-order valence-electron chi connectivity index (χ0n) is 71.2. The molecule has 0 bridgehead atoms. The van der Waals surface area contributed by atoms with Crippen molar-refractivity contribution in [1.82, 2.24) is 67.3 Å². The van der Waals surface area contributed by atoms with E-state index in [-0.39, 0.29) is 227 Å². The van der Waals surface area contributed by atoms with Crippen LogP contribution in [0.2, 0.25) is 0 Å². The molecule has 2 atom stereocenters. The molecule has 650 valence electrons. The summed E-state index contributed by atoms with van der Waals surface area (Å²) in [4.78, 5) is 150. The van der Waals surface area contributed by atoms with Crippen LogP contribution in [0.15, 0.2) is 49.4 Å². The van der Waals surface area contributed by atoms with Crippen molar-refractivity contribution in [1.29, 1.82) is 0 Å². The minimum absolute atomic E-state index is 0. The minimum atomic E-state index is -0.616. The molecule has 0 saturated carbocycles. The van der Waals surface area contributed by atoms with Crippen LogP contribution < -0.4 is 174 Å². The van der Waals surface area contributed by atoms with Crippen LogP contribution in [0.25, 0.3) is 10.4 Å². The first-order valence-corrected chi connectivity index (χ1v) is 39.3. The molecule has 4 aliphatic rings. The molecule has 2 unspecified atom stereocenters. The molecule has 4 aliphatic heterocycles. The van der Waals surface area contributed by atoms with E-state index in [2.05, 4.69) is 103 Å².